The number of hydrogen-bond donors (Lipinski definition) is 0. The summed E-state index contributed by atoms with van der Waals surface area (Å²) in [5.41, 5.74) is 0.999. The first kappa shape index (κ1) is 15.4. The van der Waals surface area contributed by atoms with E-state index in [4.69, 9.17) is 0 Å². The highest BCUT2D eigenvalue weighted by molar-refractivity contribution is 7.98. The summed E-state index contributed by atoms with van der Waals surface area (Å²) in [7, 11) is 4.06. The van der Waals surface area contributed by atoms with E-state index in [1.165, 1.54) is 4.90 Å². The number of amides is 1. The molecule has 0 saturated carbocycles. The van der Waals surface area contributed by atoms with E-state index in [0.29, 0.717) is 0 Å². The number of benzene rings is 1. The standard InChI is InChI=1S/C16H24N2OS/c1-16(9-10-17(2)11-16)12-18(3)15(19)13-5-7-14(20-4)8-6-13/h5-8H,9-12H2,1-4H3. The largest absolute Gasteiger partial charge is 0.341 e. The van der Waals surface area contributed by atoms with Crippen molar-refractivity contribution in [2.24, 2.45) is 5.41 Å². The fourth-order valence-corrected chi connectivity index (χ4v) is 3.41. The first-order chi connectivity index (χ1) is 9.43. The number of carbonyl (C=O) groups is 1. The molecule has 0 bridgehead atoms. The van der Waals surface area contributed by atoms with Gasteiger partial charge in [0.25, 0.3) is 5.91 Å². The van der Waals surface area contributed by atoms with Crippen LogP contribution < -0.4 is 0 Å². The molecule has 0 N–H and O–H groups in total. The molecule has 1 unspecified atom stereocenters. The van der Waals surface area contributed by atoms with Gasteiger partial charge in [0.1, 0.15) is 0 Å². The molecule has 1 aromatic rings. The first-order valence-corrected chi connectivity index (χ1v) is 8.24. The summed E-state index contributed by atoms with van der Waals surface area (Å²) in [6.07, 6.45) is 3.20. The average molecular weight is 292 g/mol. The van der Waals surface area contributed by atoms with Crippen LogP contribution >= 0.6 is 11.8 Å². The van der Waals surface area contributed by atoms with Crippen LogP contribution in [0.15, 0.2) is 29.2 Å². The molecule has 1 heterocycles. The molecule has 1 aliphatic heterocycles. The molecule has 0 aromatic heterocycles. The third-order valence-corrected chi connectivity index (χ3v) is 4.79. The minimum Gasteiger partial charge on any atom is -0.341 e. The monoisotopic (exact) mass is 292 g/mol. The molecule has 3 nitrogen and oxygen atoms in total. The van der Waals surface area contributed by atoms with Crippen molar-refractivity contribution in [3.05, 3.63) is 29.8 Å². The first-order valence-electron chi connectivity index (χ1n) is 7.02. The fraction of sp³-hybridized carbons (Fsp3) is 0.562. The van der Waals surface area contributed by atoms with Gasteiger partial charge in [-0.15, -0.1) is 11.8 Å². The molecule has 20 heavy (non-hydrogen) atoms. The number of rotatable bonds is 4. The molecule has 1 aliphatic rings. The average Bonchev–Trinajstić information content (AvgIpc) is 2.77. The molecule has 4 heteroatoms. The predicted molar refractivity (Wildman–Crippen MR) is 85.4 cm³/mol. The Kier molecular flexibility index (Phi) is 4.76. The summed E-state index contributed by atoms with van der Waals surface area (Å²) >= 11 is 1.69. The van der Waals surface area contributed by atoms with Gasteiger partial charge in [-0.25, -0.2) is 0 Å². The van der Waals surface area contributed by atoms with E-state index in [1.54, 1.807) is 11.8 Å². The molecular formula is C16H24N2OS. The smallest absolute Gasteiger partial charge is 0.253 e. The van der Waals surface area contributed by atoms with Gasteiger partial charge in [-0.1, -0.05) is 6.92 Å². The number of carbonyl (C=O) groups excluding carboxylic acids is 1. The third-order valence-electron chi connectivity index (χ3n) is 4.05. The van der Waals surface area contributed by atoms with E-state index < -0.39 is 0 Å². The Labute approximate surface area is 126 Å². The molecule has 1 fully saturated rings. The van der Waals surface area contributed by atoms with Gasteiger partial charge >= 0.3 is 0 Å². The zero-order valence-electron chi connectivity index (χ0n) is 12.8. The normalized spacial score (nSPS) is 23.0. The maximum absolute atomic E-state index is 12.5. The maximum Gasteiger partial charge on any atom is 0.253 e. The SMILES string of the molecule is CSc1ccc(C(=O)N(C)CC2(C)CCN(C)C2)cc1. The molecule has 1 amide bonds. The second-order valence-corrected chi connectivity index (χ2v) is 7.07. The lowest BCUT2D eigenvalue weighted by atomic mass is 9.89. The van der Waals surface area contributed by atoms with Crippen LogP contribution in [0, 0.1) is 5.41 Å². The van der Waals surface area contributed by atoms with Crippen molar-refractivity contribution >= 4 is 17.7 Å². The zero-order valence-corrected chi connectivity index (χ0v) is 13.7. The Morgan fingerprint density at radius 1 is 1.40 bits per heavy atom. The highest BCUT2D eigenvalue weighted by Crippen LogP contribution is 2.30. The van der Waals surface area contributed by atoms with Crippen molar-refractivity contribution in [1.82, 2.24) is 9.80 Å². The zero-order chi connectivity index (χ0) is 14.8. The van der Waals surface area contributed by atoms with Crippen molar-refractivity contribution in [1.29, 1.82) is 0 Å². The summed E-state index contributed by atoms with van der Waals surface area (Å²) in [6.45, 7) is 5.29. The van der Waals surface area contributed by atoms with E-state index in [-0.39, 0.29) is 11.3 Å². The minimum absolute atomic E-state index is 0.119. The van der Waals surface area contributed by atoms with Crippen LogP contribution in [0.25, 0.3) is 0 Å². The molecular weight excluding hydrogens is 268 g/mol. The maximum atomic E-state index is 12.5. The van der Waals surface area contributed by atoms with Crippen molar-refractivity contribution in [3.8, 4) is 0 Å². The van der Waals surface area contributed by atoms with E-state index in [1.807, 2.05) is 42.5 Å². The molecule has 0 radical (unpaired) electrons. The Hall–Kier alpha value is -1.00. The van der Waals surface area contributed by atoms with Gasteiger partial charge in [-0.05, 0) is 55.9 Å². The van der Waals surface area contributed by atoms with E-state index in [2.05, 4.69) is 18.9 Å². The summed E-state index contributed by atoms with van der Waals surface area (Å²) in [5, 5.41) is 0. The fourth-order valence-electron chi connectivity index (χ4n) is 3.00. The van der Waals surface area contributed by atoms with Crippen LogP contribution in [0.1, 0.15) is 23.7 Å². The number of likely N-dealkylation sites (tertiary alicyclic amines) is 1. The van der Waals surface area contributed by atoms with Crippen LogP contribution in [-0.2, 0) is 0 Å². The van der Waals surface area contributed by atoms with Gasteiger partial charge in [-0.3, -0.25) is 4.79 Å². The lowest BCUT2D eigenvalue weighted by molar-refractivity contribution is 0.0730. The van der Waals surface area contributed by atoms with Gasteiger partial charge in [0.2, 0.25) is 0 Å². The summed E-state index contributed by atoms with van der Waals surface area (Å²) in [6, 6.07) is 7.87. The number of nitrogens with zero attached hydrogens (tertiary/aromatic N) is 2. The molecule has 0 spiro atoms. The summed E-state index contributed by atoms with van der Waals surface area (Å²) in [4.78, 5) is 17.9. The van der Waals surface area contributed by atoms with Crippen molar-refractivity contribution in [3.63, 3.8) is 0 Å². The predicted octanol–water partition coefficient (Wildman–Crippen LogP) is 2.82. The molecule has 1 aromatic carbocycles. The number of thioether (sulfide) groups is 1. The van der Waals surface area contributed by atoms with Gasteiger partial charge in [-0.2, -0.15) is 0 Å². The summed E-state index contributed by atoms with van der Waals surface area (Å²) < 4.78 is 0. The Morgan fingerprint density at radius 3 is 2.55 bits per heavy atom. The highest BCUT2D eigenvalue weighted by Gasteiger charge is 2.34. The molecule has 110 valence electrons. The Balaban J connectivity index is 2.01. The Bertz CT molecular complexity index is 474. The topological polar surface area (TPSA) is 23.6 Å². The number of hydrogen-bond acceptors (Lipinski definition) is 3. The van der Waals surface area contributed by atoms with Crippen molar-refractivity contribution in [2.75, 3.05) is 40.0 Å². The highest BCUT2D eigenvalue weighted by atomic mass is 32.2. The third kappa shape index (κ3) is 3.55. The van der Waals surface area contributed by atoms with Crippen molar-refractivity contribution in [2.45, 2.75) is 18.2 Å². The van der Waals surface area contributed by atoms with E-state index >= 15 is 0 Å². The second kappa shape index (κ2) is 6.19. The lowest BCUT2D eigenvalue weighted by Crippen LogP contribution is -2.38. The van der Waals surface area contributed by atoms with Crippen LogP contribution in [0.5, 0.6) is 0 Å². The second-order valence-electron chi connectivity index (χ2n) is 6.19. The van der Waals surface area contributed by atoms with E-state index in [0.717, 1.165) is 31.6 Å². The molecule has 0 aliphatic carbocycles. The molecule has 2 rings (SSSR count). The van der Waals surface area contributed by atoms with Crippen LogP contribution in [0.2, 0.25) is 0 Å². The quantitative estimate of drug-likeness (QED) is 0.797. The van der Waals surface area contributed by atoms with Crippen molar-refractivity contribution < 1.29 is 4.79 Å². The van der Waals surface area contributed by atoms with Crippen LogP contribution in [0.3, 0.4) is 0 Å². The van der Waals surface area contributed by atoms with Gasteiger partial charge in [0.15, 0.2) is 0 Å². The van der Waals surface area contributed by atoms with Gasteiger partial charge in [0.05, 0.1) is 0 Å². The summed E-state index contributed by atoms with van der Waals surface area (Å²) in [5.74, 6) is 0.119. The van der Waals surface area contributed by atoms with Gasteiger partial charge < -0.3 is 9.80 Å². The Morgan fingerprint density at radius 2 is 2.05 bits per heavy atom. The van der Waals surface area contributed by atoms with Crippen LogP contribution in [0.4, 0.5) is 0 Å². The molecule has 1 atom stereocenters. The minimum atomic E-state index is 0.119. The van der Waals surface area contributed by atoms with Crippen LogP contribution in [-0.4, -0.2) is 55.7 Å². The van der Waals surface area contributed by atoms with Gasteiger partial charge in [0, 0.05) is 30.6 Å². The lowest BCUT2D eigenvalue weighted by Gasteiger charge is -2.30. The molecule has 1 saturated heterocycles. The van der Waals surface area contributed by atoms with E-state index in [9.17, 15) is 4.79 Å².